The average molecular weight is 383 g/mol. The first kappa shape index (κ1) is 18.7. The molecule has 0 bridgehead atoms. The summed E-state index contributed by atoms with van der Waals surface area (Å²) in [4.78, 5) is 20.7. The van der Waals surface area contributed by atoms with Crippen LogP contribution in [-0.4, -0.2) is 22.5 Å². The first-order valence-corrected chi connectivity index (χ1v) is 8.82. The molecular weight excluding hydrogens is 364 g/mol. The lowest BCUT2D eigenvalue weighted by molar-refractivity contribution is 0.102. The molecule has 0 spiro atoms. The number of ether oxygens (including phenoxy) is 1. The highest BCUT2D eigenvalue weighted by atomic mass is 35.5. The molecule has 0 saturated carbocycles. The van der Waals surface area contributed by atoms with Crippen molar-refractivity contribution in [2.75, 3.05) is 17.2 Å². The lowest BCUT2D eigenvalue weighted by Gasteiger charge is -2.09. The topological polar surface area (TPSA) is 76.1 Å². The number of amides is 1. The van der Waals surface area contributed by atoms with Crippen molar-refractivity contribution in [1.82, 2.24) is 9.97 Å². The second kappa shape index (κ2) is 8.51. The first-order chi connectivity index (χ1) is 13.0. The summed E-state index contributed by atoms with van der Waals surface area (Å²) in [5.41, 5.74) is 2.85. The molecule has 1 aromatic heterocycles. The monoisotopic (exact) mass is 382 g/mol. The highest BCUT2D eigenvalue weighted by Gasteiger charge is 2.09. The van der Waals surface area contributed by atoms with Crippen LogP contribution in [0.25, 0.3) is 0 Å². The maximum atomic E-state index is 12.3. The molecule has 0 atom stereocenters. The summed E-state index contributed by atoms with van der Waals surface area (Å²) < 4.78 is 5.38. The number of nitrogens with zero attached hydrogens (tertiary/aromatic N) is 2. The standard InChI is InChI=1S/C20H19ClN4O2/c1-3-27-17-8-6-16(7-9-17)24-19(26)14-11-22-20(23-12-14)25-18-10-15(21)5-4-13(18)2/h4-12H,3H2,1-2H3,(H,24,26)(H,22,23,25). The van der Waals surface area contributed by atoms with Crippen molar-refractivity contribution >= 4 is 34.8 Å². The predicted octanol–water partition coefficient (Wildman–Crippen LogP) is 4.83. The van der Waals surface area contributed by atoms with Crippen LogP contribution < -0.4 is 15.4 Å². The Kier molecular flexibility index (Phi) is 5.88. The van der Waals surface area contributed by atoms with Crippen molar-refractivity contribution < 1.29 is 9.53 Å². The van der Waals surface area contributed by atoms with Crippen molar-refractivity contribution in [3.8, 4) is 5.75 Å². The maximum Gasteiger partial charge on any atom is 0.258 e. The van der Waals surface area contributed by atoms with Crippen LogP contribution in [-0.2, 0) is 0 Å². The molecule has 0 saturated heterocycles. The fourth-order valence-electron chi connectivity index (χ4n) is 2.36. The summed E-state index contributed by atoms with van der Waals surface area (Å²) in [6.45, 7) is 4.47. The van der Waals surface area contributed by atoms with Crippen LogP contribution in [0.2, 0.25) is 5.02 Å². The van der Waals surface area contributed by atoms with Gasteiger partial charge in [-0.05, 0) is 55.8 Å². The fourth-order valence-corrected chi connectivity index (χ4v) is 2.54. The zero-order chi connectivity index (χ0) is 19.2. The van der Waals surface area contributed by atoms with Gasteiger partial charge in [0.25, 0.3) is 5.91 Å². The minimum atomic E-state index is -0.287. The number of carbonyl (C=O) groups excluding carboxylic acids is 1. The Labute approximate surface area is 162 Å². The minimum Gasteiger partial charge on any atom is -0.494 e. The van der Waals surface area contributed by atoms with Gasteiger partial charge in [0.1, 0.15) is 5.75 Å². The third-order valence-corrected chi connectivity index (χ3v) is 4.02. The van der Waals surface area contributed by atoms with Crippen LogP contribution in [0.3, 0.4) is 0 Å². The van der Waals surface area contributed by atoms with Crippen LogP contribution in [0.15, 0.2) is 54.9 Å². The highest BCUT2D eigenvalue weighted by Crippen LogP contribution is 2.22. The molecule has 3 aromatic rings. The number of carbonyl (C=O) groups is 1. The molecule has 0 aliphatic rings. The van der Waals surface area contributed by atoms with Crippen LogP contribution in [0, 0.1) is 6.92 Å². The Morgan fingerprint density at radius 2 is 1.81 bits per heavy atom. The van der Waals surface area contributed by atoms with E-state index >= 15 is 0 Å². The van der Waals surface area contributed by atoms with Crippen molar-refractivity contribution in [3.05, 3.63) is 71.0 Å². The summed E-state index contributed by atoms with van der Waals surface area (Å²) in [5, 5.41) is 6.52. The molecular formula is C20H19ClN4O2. The number of rotatable bonds is 6. The number of hydrogen-bond donors (Lipinski definition) is 2. The van der Waals surface area contributed by atoms with Crippen molar-refractivity contribution in [3.63, 3.8) is 0 Å². The van der Waals surface area contributed by atoms with Gasteiger partial charge in [-0.2, -0.15) is 0 Å². The summed E-state index contributed by atoms with van der Waals surface area (Å²) >= 11 is 6.01. The van der Waals surface area contributed by atoms with E-state index in [4.69, 9.17) is 16.3 Å². The first-order valence-electron chi connectivity index (χ1n) is 8.44. The van der Waals surface area contributed by atoms with Crippen LogP contribution in [0.4, 0.5) is 17.3 Å². The van der Waals surface area contributed by atoms with Crippen LogP contribution in [0.5, 0.6) is 5.75 Å². The van der Waals surface area contributed by atoms with Gasteiger partial charge in [-0.3, -0.25) is 4.79 Å². The van der Waals surface area contributed by atoms with E-state index in [9.17, 15) is 4.79 Å². The number of nitrogens with one attached hydrogen (secondary N) is 2. The Morgan fingerprint density at radius 1 is 1.11 bits per heavy atom. The second-order valence-electron chi connectivity index (χ2n) is 5.79. The largest absolute Gasteiger partial charge is 0.494 e. The molecule has 1 amide bonds. The molecule has 6 nitrogen and oxygen atoms in total. The Morgan fingerprint density at radius 3 is 2.48 bits per heavy atom. The third kappa shape index (κ3) is 4.95. The molecule has 3 rings (SSSR count). The molecule has 0 aliphatic heterocycles. The van der Waals surface area contributed by atoms with Gasteiger partial charge in [-0.25, -0.2) is 9.97 Å². The van der Waals surface area contributed by atoms with E-state index in [1.165, 1.54) is 12.4 Å². The van der Waals surface area contributed by atoms with Crippen LogP contribution in [0.1, 0.15) is 22.8 Å². The second-order valence-corrected chi connectivity index (χ2v) is 6.23. The van der Waals surface area contributed by atoms with E-state index in [1.54, 1.807) is 30.3 Å². The summed E-state index contributed by atoms with van der Waals surface area (Å²) in [5.74, 6) is 0.855. The molecule has 1 heterocycles. The summed E-state index contributed by atoms with van der Waals surface area (Å²) in [7, 11) is 0. The van der Waals surface area contributed by atoms with E-state index in [1.807, 2.05) is 26.0 Å². The van der Waals surface area contributed by atoms with E-state index in [0.717, 1.165) is 17.0 Å². The van der Waals surface area contributed by atoms with Gasteiger partial charge in [0.05, 0.1) is 12.2 Å². The molecule has 0 radical (unpaired) electrons. The van der Waals surface area contributed by atoms with Crippen molar-refractivity contribution in [2.24, 2.45) is 0 Å². The summed E-state index contributed by atoms with van der Waals surface area (Å²) in [6, 6.07) is 12.7. The molecule has 27 heavy (non-hydrogen) atoms. The van der Waals surface area contributed by atoms with E-state index in [-0.39, 0.29) is 5.91 Å². The van der Waals surface area contributed by atoms with Gasteiger partial charge in [-0.1, -0.05) is 17.7 Å². The van der Waals surface area contributed by atoms with Crippen LogP contribution >= 0.6 is 11.6 Å². The smallest absolute Gasteiger partial charge is 0.258 e. The number of aryl methyl sites for hydroxylation is 1. The zero-order valence-corrected chi connectivity index (χ0v) is 15.7. The normalized spacial score (nSPS) is 10.3. The van der Waals surface area contributed by atoms with Gasteiger partial charge in [0.15, 0.2) is 0 Å². The van der Waals surface area contributed by atoms with Crippen molar-refractivity contribution in [1.29, 1.82) is 0 Å². The molecule has 0 unspecified atom stereocenters. The Hall–Kier alpha value is -3.12. The van der Waals surface area contributed by atoms with Gasteiger partial charge < -0.3 is 15.4 Å². The van der Waals surface area contributed by atoms with Gasteiger partial charge in [0, 0.05) is 28.8 Å². The van der Waals surface area contributed by atoms with Gasteiger partial charge in [-0.15, -0.1) is 0 Å². The number of benzene rings is 2. The third-order valence-electron chi connectivity index (χ3n) is 3.78. The Balaban J connectivity index is 1.65. The zero-order valence-electron chi connectivity index (χ0n) is 15.0. The number of hydrogen-bond acceptors (Lipinski definition) is 5. The molecule has 7 heteroatoms. The highest BCUT2D eigenvalue weighted by molar-refractivity contribution is 6.30. The quantitative estimate of drug-likeness (QED) is 0.638. The lowest BCUT2D eigenvalue weighted by atomic mass is 10.2. The lowest BCUT2D eigenvalue weighted by Crippen LogP contribution is -2.13. The number of halogens is 1. The molecule has 0 aliphatic carbocycles. The van der Waals surface area contributed by atoms with E-state index in [2.05, 4.69) is 20.6 Å². The van der Waals surface area contributed by atoms with Crippen molar-refractivity contribution in [2.45, 2.75) is 13.8 Å². The maximum absolute atomic E-state index is 12.3. The molecule has 2 N–H and O–H groups in total. The average Bonchev–Trinajstić information content (AvgIpc) is 2.67. The van der Waals surface area contributed by atoms with Gasteiger partial charge >= 0.3 is 0 Å². The predicted molar refractivity (Wildman–Crippen MR) is 107 cm³/mol. The van der Waals surface area contributed by atoms with E-state index < -0.39 is 0 Å². The number of anilines is 3. The minimum absolute atomic E-state index is 0.287. The Bertz CT molecular complexity index is 928. The van der Waals surface area contributed by atoms with E-state index in [0.29, 0.717) is 28.8 Å². The molecule has 0 fully saturated rings. The molecule has 2 aromatic carbocycles. The van der Waals surface area contributed by atoms with Gasteiger partial charge in [0.2, 0.25) is 5.95 Å². The SMILES string of the molecule is CCOc1ccc(NC(=O)c2cnc(Nc3cc(Cl)ccc3C)nc2)cc1. The number of aromatic nitrogens is 2. The fraction of sp³-hybridized carbons (Fsp3) is 0.150. The summed E-state index contributed by atoms with van der Waals surface area (Å²) in [6.07, 6.45) is 2.94. The molecule has 138 valence electrons.